The van der Waals surface area contributed by atoms with E-state index in [0.29, 0.717) is 18.5 Å². The van der Waals surface area contributed by atoms with Crippen LogP contribution in [-0.2, 0) is 12.8 Å². The van der Waals surface area contributed by atoms with E-state index in [0.717, 1.165) is 24.4 Å². The van der Waals surface area contributed by atoms with E-state index in [4.69, 9.17) is 23.1 Å². The van der Waals surface area contributed by atoms with E-state index in [1.165, 1.54) is 11.1 Å². The van der Waals surface area contributed by atoms with Crippen LogP contribution in [0.25, 0.3) is 0 Å². The Morgan fingerprint density at radius 1 is 1.03 bits per heavy atom. The number of nitrogens with zero attached hydrogens (tertiary/aromatic N) is 4. The number of halogens is 1. The van der Waals surface area contributed by atoms with Crippen molar-refractivity contribution in [1.82, 2.24) is 9.80 Å². The van der Waals surface area contributed by atoms with Gasteiger partial charge in [0, 0.05) is 18.0 Å². The number of rotatable bonds is 6. The molecular formula is C23H29ClN6. The third-order valence-corrected chi connectivity index (χ3v) is 6.27. The van der Waals surface area contributed by atoms with Crippen LogP contribution < -0.4 is 11.5 Å². The lowest BCUT2D eigenvalue weighted by Crippen LogP contribution is -2.67. The Kier molecular flexibility index (Phi) is 5.60. The quantitative estimate of drug-likeness (QED) is 0.746. The van der Waals surface area contributed by atoms with Crippen molar-refractivity contribution < 1.29 is 0 Å². The van der Waals surface area contributed by atoms with Crippen molar-refractivity contribution >= 4 is 23.5 Å². The first-order chi connectivity index (χ1) is 14.4. The molecule has 6 nitrogen and oxygen atoms in total. The third kappa shape index (κ3) is 3.97. The molecule has 4 N–H and O–H groups in total. The Bertz CT molecular complexity index is 942. The molecule has 158 valence electrons. The van der Waals surface area contributed by atoms with Crippen molar-refractivity contribution in [3.63, 3.8) is 0 Å². The van der Waals surface area contributed by atoms with E-state index in [1.54, 1.807) is 0 Å². The fraction of sp³-hybridized carbons (Fsp3) is 0.391. The fourth-order valence-corrected chi connectivity index (χ4v) is 4.79. The maximum absolute atomic E-state index is 6.48. The molecule has 0 aliphatic carbocycles. The summed E-state index contributed by atoms with van der Waals surface area (Å²) in [5, 5.41) is 0.738. The summed E-state index contributed by atoms with van der Waals surface area (Å²) < 4.78 is 0. The number of hydrogen-bond donors (Lipinski definition) is 2. The molecular weight excluding hydrogens is 396 g/mol. The lowest BCUT2D eigenvalue weighted by molar-refractivity contribution is 0.0333. The molecule has 2 heterocycles. The van der Waals surface area contributed by atoms with Crippen LogP contribution in [0.15, 0.2) is 64.6 Å². The fourth-order valence-electron chi connectivity index (χ4n) is 4.66. The monoisotopic (exact) mass is 424 g/mol. The largest absolute Gasteiger partial charge is 0.370 e. The standard InChI is InChI=1S/C23H29ClN6/c1-16-15-29(22(26)28-16)23(2,13-18-6-4-3-5-7-18)30-20(14-27-21(30)25)12-17-8-10-19(24)11-9-17/h3-11,16,20H,12-15H2,1-2H3,(H2,25,27)(H2,26,28). The van der Waals surface area contributed by atoms with Crippen molar-refractivity contribution in [2.75, 3.05) is 13.1 Å². The molecule has 0 spiro atoms. The zero-order valence-electron chi connectivity index (χ0n) is 17.5. The number of hydrogen-bond acceptors (Lipinski definition) is 6. The molecule has 2 aliphatic rings. The molecule has 3 atom stereocenters. The van der Waals surface area contributed by atoms with Crippen molar-refractivity contribution in [2.45, 2.75) is 44.4 Å². The highest BCUT2D eigenvalue weighted by molar-refractivity contribution is 6.30. The molecule has 0 aromatic heterocycles. The third-order valence-electron chi connectivity index (χ3n) is 6.02. The first-order valence-electron chi connectivity index (χ1n) is 10.4. The Hall–Kier alpha value is -2.73. The lowest BCUT2D eigenvalue weighted by Gasteiger charge is -2.49. The Balaban J connectivity index is 1.69. The zero-order chi connectivity index (χ0) is 21.3. The molecule has 0 fully saturated rings. The highest BCUT2D eigenvalue weighted by atomic mass is 35.5. The molecule has 30 heavy (non-hydrogen) atoms. The predicted molar refractivity (Wildman–Crippen MR) is 124 cm³/mol. The Labute approximate surface area is 183 Å². The molecule has 2 aliphatic heterocycles. The van der Waals surface area contributed by atoms with E-state index < -0.39 is 5.66 Å². The van der Waals surface area contributed by atoms with Gasteiger partial charge in [-0.1, -0.05) is 54.1 Å². The van der Waals surface area contributed by atoms with Crippen LogP contribution in [0.3, 0.4) is 0 Å². The lowest BCUT2D eigenvalue weighted by atomic mass is 9.94. The predicted octanol–water partition coefficient (Wildman–Crippen LogP) is 2.86. The Morgan fingerprint density at radius 3 is 2.37 bits per heavy atom. The summed E-state index contributed by atoms with van der Waals surface area (Å²) in [6.07, 6.45) is 1.58. The number of aliphatic imine (C=N–C) groups is 2. The van der Waals surface area contributed by atoms with E-state index in [2.05, 4.69) is 70.0 Å². The minimum absolute atomic E-state index is 0.128. The topological polar surface area (TPSA) is 83.2 Å². The molecule has 0 radical (unpaired) electrons. The van der Waals surface area contributed by atoms with Crippen LogP contribution in [0, 0.1) is 0 Å². The second kappa shape index (κ2) is 8.19. The van der Waals surface area contributed by atoms with Gasteiger partial charge >= 0.3 is 0 Å². The van der Waals surface area contributed by atoms with Crippen molar-refractivity contribution in [3.05, 3.63) is 70.7 Å². The summed E-state index contributed by atoms with van der Waals surface area (Å²) in [7, 11) is 0. The summed E-state index contributed by atoms with van der Waals surface area (Å²) in [5.41, 5.74) is 14.8. The number of benzene rings is 2. The molecule has 3 unspecified atom stereocenters. The van der Waals surface area contributed by atoms with Crippen LogP contribution in [-0.4, -0.2) is 52.6 Å². The van der Waals surface area contributed by atoms with Gasteiger partial charge in [-0.05, 0) is 43.5 Å². The summed E-state index contributed by atoms with van der Waals surface area (Å²) in [6.45, 7) is 5.69. The Morgan fingerprint density at radius 2 is 1.73 bits per heavy atom. The van der Waals surface area contributed by atoms with Crippen molar-refractivity contribution in [2.24, 2.45) is 21.5 Å². The number of guanidine groups is 2. The van der Waals surface area contributed by atoms with Gasteiger partial charge in [0.05, 0.1) is 18.6 Å². The normalized spacial score (nSPS) is 23.3. The van der Waals surface area contributed by atoms with Gasteiger partial charge < -0.3 is 21.3 Å². The summed E-state index contributed by atoms with van der Waals surface area (Å²) in [6, 6.07) is 18.7. The van der Waals surface area contributed by atoms with Crippen LogP contribution in [0.2, 0.25) is 5.02 Å². The second-order valence-corrected chi connectivity index (χ2v) is 8.82. The minimum atomic E-state index is -0.485. The molecule has 2 aromatic carbocycles. The first kappa shape index (κ1) is 20.5. The summed E-state index contributed by atoms with van der Waals surface area (Å²) in [4.78, 5) is 13.6. The SMILES string of the molecule is CC1CN(C(C)(Cc2ccccc2)N2C(N)=NCC2Cc2ccc(Cl)cc2)C(N)=N1. The number of nitrogens with two attached hydrogens (primary N) is 2. The second-order valence-electron chi connectivity index (χ2n) is 8.38. The molecule has 0 bridgehead atoms. The van der Waals surface area contributed by atoms with Gasteiger partial charge in [0.2, 0.25) is 0 Å². The molecule has 0 amide bonds. The molecule has 0 saturated heterocycles. The van der Waals surface area contributed by atoms with Gasteiger partial charge in [-0.2, -0.15) is 0 Å². The smallest absolute Gasteiger partial charge is 0.193 e. The maximum atomic E-state index is 6.48. The summed E-state index contributed by atoms with van der Waals surface area (Å²) in [5.74, 6) is 1.12. The minimum Gasteiger partial charge on any atom is -0.370 e. The first-order valence-corrected chi connectivity index (χ1v) is 10.7. The van der Waals surface area contributed by atoms with Gasteiger partial charge in [0.25, 0.3) is 0 Å². The van der Waals surface area contributed by atoms with Gasteiger partial charge in [0.1, 0.15) is 5.66 Å². The van der Waals surface area contributed by atoms with Crippen LogP contribution in [0.4, 0.5) is 0 Å². The maximum Gasteiger partial charge on any atom is 0.193 e. The average Bonchev–Trinajstić information content (AvgIpc) is 3.26. The van der Waals surface area contributed by atoms with Crippen molar-refractivity contribution in [1.29, 1.82) is 0 Å². The van der Waals surface area contributed by atoms with Gasteiger partial charge in [0.15, 0.2) is 11.9 Å². The van der Waals surface area contributed by atoms with E-state index in [1.807, 2.05) is 18.2 Å². The molecule has 4 rings (SSSR count). The van der Waals surface area contributed by atoms with Gasteiger partial charge in [-0.15, -0.1) is 0 Å². The highest BCUT2D eigenvalue weighted by Crippen LogP contribution is 2.33. The summed E-state index contributed by atoms with van der Waals surface area (Å²) >= 11 is 6.07. The van der Waals surface area contributed by atoms with E-state index in [-0.39, 0.29) is 12.1 Å². The average molecular weight is 425 g/mol. The van der Waals surface area contributed by atoms with Crippen molar-refractivity contribution in [3.8, 4) is 0 Å². The molecule has 7 heteroatoms. The highest BCUT2D eigenvalue weighted by Gasteiger charge is 2.47. The van der Waals surface area contributed by atoms with Crippen LogP contribution in [0.1, 0.15) is 25.0 Å². The van der Waals surface area contributed by atoms with E-state index >= 15 is 0 Å². The van der Waals surface area contributed by atoms with E-state index in [9.17, 15) is 0 Å². The van der Waals surface area contributed by atoms with Crippen LogP contribution in [0.5, 0.6) is 0 Å². The van der Waals surface area contributed by atoms with Gasteiger partial charge in [-0.3, -0.25) is 4.99 Å². The zero-order valence-corrected chi connectivity index (χ0v) is 18.3. The molecule has 2 aromatic rings. The van der Waals surface area contributed by atoms with Gasteiger partial charge in [-0.25, -0.2) is 4.99 Å². The van der Waals surface area contributed by atoms with Crippen LogP contribution >= 0.6 is 11.6 Å². The molecule has 0 saturated carbocycles.